The zero-order valence-electron chi connectivity index (χ0n) is 14.7. The summed E-state index contributed by atoms with van der Waals surface area (Å²) < 4.78 is 1.04. The molecule has 0 heterocycles. The van der Waals surface area contributed by atoms with E-state index in [1.165, 1.54) is 18.7 Å². The van der Waals surface area contributed by atoms with Crippen molar-refractivity contribution >= 4 is 45.1 Å². The number of amides is 1. The normalized spacial score (nSPS) is 10.4. The fraction of sp³-hybridized carbons (Fsp3) is 0.0909. The second-order valence-electron chi connectivity index (χ2n) is 6.00. The van der Waals surface area contributed by atoms with E-state index in [-0.39, 0.29) is 11.7 Å². The third-order valence-corrected chi connectivity index (χ3v) is 5.47. The van der Waals surface area contributed by atoms with Crippen molar-refractivity contribution in [1.29, 1.82) is 0 Å². The summed E-state index contributed by atoms with van der Waals surface area (Å²) in [5, 5.41) is 2.73. The molecule has 0 spiro atoms. The molecule has 0 saturated carbocycles. The van der Waals surface area contributed by atoms with E-state index < -0.39 is 0 Å². The van der Waals surface area contributed by atoms with E-state index in [9.17, 15) is 9.59 Å². The van der Waals surface area contributed by atoms with Gasteiger partial charge in [-0.15, -0.1) is 11.8 Å². The number of hydrogen-bond acceptors (Lipinski definition) is 3. The number of benzene rings is 3. The van der Waals surface area contributed by atoms with Crippen molar-refractivity contribution in [2.75, 3.05) is 11.1 Å². The standard InChI is InChI=1S/C22H18BrNO2S/c1-15(25)24-20-10-12-21(13-11-20)27-14-22(26)18-4-2-16(3-5-18)17-6-8-19(23)9-7-17/h2-13H,14H2,1H3,(H,24,25). The van der Waals surface area contributed by atoms with Crippen LogP contribution < -0.4 is 5.32 Å². The Labute approximate surface area is 171 Å². The molecule has 0 fully saturated rings. The van der Waals surface area contributed by atoms with Gasteiger partial charge in [0.15, 0.2) is 5.78 Å². The Kier molecular flexibility index (Phi) is 6.48. The molecule has 0 unspecified atom stereocenters. The first-order chi connectivity index (χ1) is 13.0. The fourth-order valence-corrected chi connectivity index (χ4v) is 3.62. The number of Topliss-reactive ketones (excluding diaryl/α,β-unsaturated/α-hetero) is 1. The summed E-state index contributed by atoms with van der Waals surface area (Å²) in [6.45, 7) is 1.48. The molecule has 1 amide bonds. The molecule has 3 nitrogen and oxygen atoms in total. The van der Waals surface area contributed by atoms with E-state index in [0.717, 1.165) is 26.2 Å². The van der Waals surface area contributed by atoms with E-state index in [2.05, 4.69) is 21.2 Å². The Morgan fingerprint density at radius 1 is 0.852 bits per heavy atom. The Balaban J connectivity index is 1.59. The molecule has 3 aromatic carbocycles. The first-order valence-corrected chi connectivity index (χ1v) is 10.2. The van der Waals surface area contributed by atoms with Crippen molar-refractivity contribution in [2.24, 2.45) is 0 Å². The minimum absolute atomic E-state index is 0.0910. The summed E-state index contributed by atoms with van der Waals surface area (Å²) in [6.07, 6.45) is 0. The van der Waals surface area contributed by atoms with Crippen LogP contribution in [0.1, 0.15) is 17.3 Å². The van der Waals surface area contributed by atoms with Gasteiger partial charge in [0, 0.05) is 27.5 Å². The molecule has 3 rings (SSSR count). The zero-order valence-corrected chi connectivity index (χ0v) is 17.1. The lowest BCUT2D eigenvalue weighted by Gasteiger charge is -2.06. The number of ketones is 1. The average Bonchev–Trinajstić information content (AvgIpc) is 2.67. The molecule has 3 aromatic rings. The van der Waals surface area contributed by atoms with E-state index in [1.807, 2.05) is 72.8 Å². The number of carbonyl (C=O) groups is 2. The molecule has 0 radical (unpaired) electrons. The number of thioether (sulfide) groups is 1. The molecule has 1 N–H and O–H groups in total. The minimum atomic E-state index is -0.0998. The summed E-state index contributed by atoms with van der Waals surface area (Å²) in [5.74, 6) is 0.363. The summed E-state index contributed by atoms with van der Waals surface area (Å²) in [5.41, 5.74) is 3.66. The van der Waals surface area contributed by atoms with Gasteiger partial charge in [0.2, 0.25) is 5.91 Å². The molecule has 0 saturated heterocycles. The molecule has 0 aliphatic heterocycles. The van der Waals surface area contributed by atoms with Gasteiger partial charge in [-0.25, -0.2) is 0 Å². The number of rotatable bonds is 6. The average molecular weight is 440 g/mol. The molecule has 5 heteroatoms. The number of halogens is 1. The largest absolute Gasteiger partial charge is 0.326 e. The van der Waals surface area contributed by atoms with E-state index in [0.29, 0.717) is 11.3 Å². The van der Waals surface area contributed by atoms with Crippen molar-refractivity contribution in [2.45, 2.75) is 11.8 Å². The van der Waals surface area contributed by atoms with Crippen molar-refractivity contribution in [3.8, 4) is 11.1 Å². The SMILES string of the molecule is CC(=O)Nc1ccc(SCC(=O)c2ccc(-c3ccc(Br)cc3)cc2)cc1. The van der Waals surface area contributed by atoms with Gasteiger partial charge in [-0.05, 0) is 47.5 Å². The molecule has 0 aliphatic rings. The predicted molar refractivity (Wildman–Crippen MR) is 115 cm³/mol. The molecule has 136 valence electrons. The van der Waals surface area contributed by atoms with Gasteiger partial charge in [-0.2, -0.15) is 0 Å². The lowest BCUT2D eigenvalue weighted by molar-refractivity contribution is -0.114. The molecule has 0 aromatic heterocycles. The summed E-state index contributed by atoms with van der Waals surface area (Å²) in [7, 11) is 0. The molecule has 0 aliphatic carbocycles. The third kappa shape index (κ3) is 5.55. The van der Waals surface area contributed by atoms with Gasteiger partial charge in [-0.3, -0.25) is 9.59 Å². The third-order valence-electron chi connectivity index (χ3n) is 3.93. The zero-order chi connectivity index (χ0) is 19.2. The second-order valence-corrected chi connectivity index (χ2v) is 7.97. The molecule has 0 atom stereocenters. The lowest BCUT2D eigenvalue weighted by Crippen LogP contribution is -2.05. The van der Waals surface area contributed by atoms with Gasteiger partial charge in [-0.1, -0.05) is 52.3 Å². The highest BCUT2D eigenvalue weighted by molar-refractivity contribution is 9.10. The number of anilines is 1. The van der Waals surface area contributed by atoms with Crippen LogP contribution in [0.15, 0.2) is 82.2 Å². The quantitative estimate of drug-likeness (QED) is 0.375. The number of nitrogens with one attached hydrogen (secondary N) is 1. The van der Waals surface area contributed by atoms with Crippen LogP contribution in [-0.4, -0.2) is 17.4 Å². The first-order valence-electron chi connectivity index (χ1n) is 8.41. The summed E-state index contributed by atoms with van der Waals surface area (Å²) >= 11 is 4.92. The van der Waals surface area contributed by atoms with E-state index >= 15 is 0 Å². The predicted octanol–water partition coefficient (Wildman–Crippen LogP) is 6.05. The van der Waals surface area contributed by atoms with E-state index in [4.69, 9.17) is 0 Å². The number of carbonyl (C=O) groups excluding carboxylic acids is 2. The van der Waals surface area contributed by atoms with Crippen molar-refractivity contribution in [1.82, 2.24) is 0 Å². The van der Waals surface area contributed by atoms with Crippen LogP contribution in [0.5, 0.6) is 0 Å². The monoisotopic (exact) mass is 439 g/mol. The number of hydrogen-bond donors (Lipinski definition) is 1. The van der Waals surface area contributed by atoms with Crippen molar-refractivity contribution in [3.05, 3.63) is 82.8 Å². The van der Waals surface area contributed by atoms with Crippen LogP contribution in [0, 0.1) is 0 Å². The summed E-state index contributed by atoms with van der Waals surface area (Å²) in [6, 6.07) is 23.3. The Bertz CT molecular complexity index is 936. The first kappa shape index (κ1) is 19.4. The lowest BCUT2D eigenvalue weighted by atomic mass is 10.0. The Hall–Kier alpha value is -2.37. The maximum absolute atomic E-state index is 12.4. The van der Waals surface area contributed by atoms with Gasteiger partial charge in [0.25, 0.3) is 0 Å². The molecule has 0 bridgehead atoms. The van der Waals surface area contributed by atoms with Crippen molar-refractivity contribution in [3.63, 3.8) is 0 Å². The highest BCUT2D eigenvalue weighted by Gasteiger charge is 2.08. The smallest absolute Gasteiger partial charge is 0.221 e. The second kappa shape index (κ2) is 9.02. The van der Waals surface area contributed by atoms with Gasteiger partial charge >= 0.3 is 0 Å². The summed E-state index contributed by atoms with van der Waals surface area (Å²) in [4.78, 5) is 24.5. The molecular weight excluding hydrogens is 422 g/mol. The van der Waals surface area contributed by atoms with Crippen LogP contribution in [0.25, 0.3) is 11.1 Å². The highest BCUT2D eigenvalue weighted by Crippen LogP contribution is 2.24. The topological polar surface area (TPSA) is 46.2 Å². The maximum atomic E-state index is 12.4. The molecule has 27 heavy (non-hydrogen) atoms. The highest BCUT2D eigenvalue weighted by atomic mass is 79.9. The Morgan fingerprint density at radius 2 is 1.41 bits per heavy atom. The Morgan fingerprint density at radius 3 is 1.96 bits per heavy atom. The van der Waals surface area contributed by atoms with Crippen LogP contribution >= 0.6 is 27.7 Å². The van der Waals surface area contributed by atoms with Crippen LogP contribution in [0.2, 0.25) is 0 Å². The van der Waals surface area contributed by atoms with Crippen LogP contribution in [0.3, 0.4) is 0 Å². The van der Waals surface area contributed by atoms with Crippen LogP contribution in [-0.2, 0) is 4.79 Å². The molecular formula is C22H18BrNO2S. The van der Waals surface area contributed by atoms with E-state index in [1.54, 1.807) is 0 Å². The fourth-order valence-electron chi connectivity index (χ4n) is 2.56. The van der Waals surface area contributed by atoms with Gasteiger partial charge < -0.3 is 5.32 Å². The minimum Gasteiger partial charge on any atom is -0.326 e. The maximum Gasteiger partial charge on any atom is 0.221 e. The van der Waals surface area contributed by atoms with Crippen molar-refractivity contribution < 1.29 is 9.59 Å². The van der Waals surface area contributed by atoms with Crippen LogP contribution in [0.4, 0.5) is 5.69 Å². The van der Waals surface area contributed by atoms with Gasteiger partial charge in [0.05, 0.1) is 5.75 Å². The van der Waals surface area contributed by atoms with Gasteiger partial charge in [0.1, 0.15) is 0 Å².